The van der Waals surface area contributed by atoms with Gasteiger partial charge in [-0.1, -0.05) is 12.1 Å². The Labute approximate surface area is 220 Å². The highest BCUT2D eigenvalue weighted by Gasteiger charge is 2.33. The maximum absolute atomic E-state index is 15.1. The second-order valence-electron chi connectivity index (χ2n) is 9.59. The van der Waals surface area contributed by atoms with Crippen LogP contribution in [0.15, 0.2) is 48.7 Å². The van der Waals surface area contributed by atoms with Gasteiger partial charge in [-0.15, -0.1) is 0 Å². The van der Waals surface area contributed by atoms with E-state index in [1.54, 1.807) is 23.2 Å². The Morgan fingerprint density at radius 3 is 2.58 bits per heavy atom. The Kier molecular flexibility index (Phi) is 7.43. The molecule has 2 fully saturated rings. The second-order valence-corrected chi connectivity index (χ2v) is 9.59. The molecule has 0 aliphatic carbocycles. The van der Waals surface area contributed by atoms with Crippen molar-refractivity contribution in [2.75, 3.05) is 62.2 Å². The molecule has 38 heavy (non-hydrogen) atoms. The van der Waals surface area contributed by atoms with Gasteiger partial charge in [0.05, 0.1) is 18.8 Å². The summed E-state index contributed by atoms with van der Waals surface area (Å²) in [5.74, 6) is 0.279. The zero-order valence-corrected chi connectivity index (χ0v) is 21.3. The van der Waals surface area contributed by atoms with E-state index in [1.165, 1.54) is 17.9 Å². The minimum atomic E-state index is -0.570. The predicted octanol–water partition coefficient (Wildman–Crippen LogP) is 2.71. The highest BCUT2D eigenvalue weighted by atomic mass is 19.1. The minimum Gasteiger partial charge on any atom is -0.442 e. The van der Waals surface area contributed by atoms with Crippen LogP contribution in [0.4, 0.5) is 25.5 Å². The quantitative estimate of drug-likeness (QED) is 0.649. The number of anilines is 2. The molecule has 200 valence electrons. The molecule has 4 amide bonds. The number of pyridine rings is 1. The summed E-state index contributed by atoms with van der Waals surface area (Å²) in [5.41, 5.74) is 1.71. The van der Waals surface area contributed by atoms with Crippen molar-refractivity contribution in [2.45, 2.75) is 19.4 Å². The number of rotatable bonds is 5. The number of amides is 4. The summed E-state index contributed by atoms with van der Waals surface area (Å²) < 4.78 is 20.4. The van der Waals surface area contributed by atoms with Crippen LogP contribution in [0.25, 0.3) is 5.57 Å². The number of ether oxygens (including phenoxy) is 1. The maximum Gasteiger partial charge on any atom is 0.414 e. The Morgan fingerprint density at radius 1 is 1.11 bits per heavy atom. The van der Waals surface area contributed by atoms with Gasteiger partial charge in [0.2, 0.25) is 5.91 Å². The minimum absolute atomic E-state index is 0.00171. The van der Waals surface area contributed by atoms with Gasteiger partial charge in [-0.25, -0.2) is 19.0 Å². The Balaban J connectivity index is 1.16. The SMILES string of the molecule is CC(=O)NC[C@H]1CN(c2ccc(C3=CCN(C(=O)N4CCN(c5ccccn5)CC4)CC3)c(F)c2)C(=O)O1. The maximum atomic E-state index is 15.1. The van der Waals surface area contributed by atoms with Gasteiger partial charge < -0.3 is 24.8 Å². The van der Waals surface area contributed by atoms with Gasteiger partial charge in [-0.05, 0) is 42.3 Å². The molecule has 1 atom stereocenters. The number of carbonyl (C=O) groups is 3. The van der Waals surface area contributed by atoms with Gasteiger partial charge >= 0.3 is 12.1 Å². The lowest BCUT2D eigenvalue weighted by Crippen LogP contribution is -2.53. The van der Waals surface area contributed by atoms with Gasteiger partial charge in [0.25, 0.3) is 0 Å². The number of hydrogen-bond donors (Lipinski definition) is 1. The number of carbonyl (C=O) groups excluding carboxylic acids is 3. The van der Waals surface area contributed by atoms with Crippen LogP contribution in [0.2, 0.25) is 0 Å². The summed E-state index contributed by atoms with van der Waals surface area (Å²) in [6.07, 6.45) is 3.15. The molecule has 11 heteroatoms. The number of halogens is 1. The van der Waals surface area contributed by atoms with E-state index in [9.17, 15) is 14.4 Å². The predicted molar refractivity (Wildman–Crippen MR) is 140 cm³/mol. The lowest BCUT2D eigenvalue weighted by molar-refractivity contribution is -0.119. The van der Waals surface area contributed by atoms with E-state index < -0.39 is 18.0 Å². The number of nitrogens with one attached hydrogen (secondary N) is 1. The van der Waals surface area contributed by atoms with Gasteiger partial charge in [0.1, 0.15) is 17.7 Å². The summed E-state index contributed by atoms with van der Waals surface area (Å²) in [7, 11) is 0. The third kappa shape index (κ3) is 5.56. The molecule has 5 rings (SSSR count). The van der Waals surface area contributed by atoms with Crippen molar-refractivity contribution in [2.24, 2.45) is 0 Å². The van der Waals surface area contributed by atoms with Crippen molar-refractivity contribution in [3.8, 4) is 0 Å². The lowest BCUT2D eigenvalue weighted by atomic mass is 9.98. The second kappa shape index (κ2) is 11.1. The van der Waals surface area contributed by atoms with E-state index in [0.717, 1.165) is 24.5 Å². The van der Waals surface area contributed by atoms with E-state index in [2.05, 4.69) is 15.2 Å². The van der Waals surface area contributed by atoms with Gasteiger partial charge in [-0.3, -0.25) is 9.69 Å². The molecule has 3 aliphatic rings. The fraction of sp³-hybridized carbons (Fsp3) is 0.407. The first-order chi connectivity index (χ1) is 18.4. The number of urea groups is 1. The number of piperazine rings is 1. The van der Waals surface area contributed by atoms with Crippen LogP contribution in [0.5, 0.6) is 0 Å². The Morgan fingerprint density at radius 2 is 1.92 bits per heavy atom. The van der Waals surface area contributed by atoms with Crippen molar-refractivity contribution >= 4 is 35.1 Å². The van der Waals surface area contributed by atoms with Crippen molar-refractivity contribution < 1.29 is 23.5 Å². The molecule has 0 saturated carbocycles. The fourth-order valence-electron chi connectivity index (χ4n) is 4.98. The molecule has 2 saturated heterocycles. The van der Waals surface area contributed by atoms with Crippen LogP contribution in [0, 0.1) is 5.82 Å². The van der Waals surface area contributed by atoms with Crippen molar-refractivity contribution in [1.82, 2.24) is 20.1 Å². The molecular weight excluding hydrogens is 491 g/mol. The van der Waals surface area contributed by atoms with E-state index in [0.29, 0.717) is 43.9 Å². The van der Waals surface area contributed by atoms with Crippen LogP contribution >= 0.6 is 0 Å². The first-order valence-corrected chi connectivity index (χ1v) is 12.8. The molecule has 4 heterocycles. The first kappa shape index (κ1) is 25.5. The zero-order chi connectivity index (χ0) is 26.6. The molecular formula is C27H31FN6O4. The molecule has 1 N–H and O–H groups in total. The van der Waals surface area contributed by atoms with Gasteiger partial charge in [-0.2, -0.15) is 0 Å². The third-order valence-corrected chi connectivity index (χ3v) is 7.07. The zero-order valence-electron chi connectivity index (χ0n) is 21.3. The molecule has 0 unspecified atom stereocenters. The highest BCUT2D eigenvalue weighted by molar-refractivity contribution is 5.90. The summed E-state index contributed by atoms with van der Waals surface area (Å²) in [5, 5.41) is 2.62. The standard InChI is InChI=1S/C27H31FN6O4/c1-19(35)30-17-22-18-34(27(37)38-22)21-5-6-23(24(28)16-21)20-7-10-32(11-8-20)26(36)33-14-12-31(13-15-33)25-4-2-3-9-29-25/h2-7,9,16,22H,8,10-15,17-18H2,1H3,(H,30,35)/t22-/m0/s1. The Bertz CT molecular complexity index is 1230. The largest absolute Gasteiger partial charge is 0.442 e. The summed E-state index contributed by atoms with van der Waals surface area (Å²) in [4.78, 5) is 48.0. The first-order valence-electron chi connectivity index (χ1n) is 12.8. The van der Waals surface area contributed by atoms with Crippen LogP contribution < -0.4 is 15.1 Å². The van der Waals surface area contributed by atoms with E-state index in [1.807, 2.05) is 29.2 Å². The lowest BCUT2D eigenvalue weighted by Gasteiger charge is -2.38. The van der Waals surface area contributed by atoms with Gasteiger partial charge in [0, 0.05) is 58.0 Å². The number of nitrogens with zero attached hydrogens (tertiary/aromatic N) is 5. The van der Waals surface area contributed by atoms with Crippen LogP contribution in [0.3, 0.4) is 0 Å². The normalized spacial score (nSPS) is 19.8. The summed E-state index contributed by atoms with van der Waals surface area (Å²) in [6, 6.07) is 10.5. The number of benzene rings is 1. The smallest absolute Gasteiger partial charge is 0.414 e. The van der Waals surface area contributed by atoms with Crippen molar-refractivity contribution in [1.29, 1.82) is 0 Å². The molecule has 0 bridgehead atoms. The number of cyclic esters (lactones) is 1. The monoisotopic (exact) mass is 522 g/mol. The molecule has 0 spiro atoms. The Hall–Kier alpha value is -4.15. The van der Waals surface area contributed by atoms with Crippen molar-refractivity contribution in [3.05, 3.63) is 60.1 Å². The average molecular weight is 523 g/mol. The van der Waals surface area contributed by atoms with E-state index in [-0.39, 0.29) is 25.0 Å². The molecule has 3 aliphatic heterocycles. The summed E-state index contributed by atoms with van der Waals surface area (Å²) >= 11 is 0. The number of hydrogen-bond acceptors (Lipinski definition) is 6. The van der Waals surface area contributed by atoms with E-state index >= 15 is 4.39 Å². The summed E-state index contributed by atoms with van der Waals surface area (Å²) in [6.45, 7) is 5.47. The molecule has 0 radical (unpaired) electrons. The van der Waals surface area contributed by atoms with Crippen LogP contribution in [0.1, 0.15) is 18.9 Å². The van der Waals surface area contributed by atoms with Crippen LogP contribution in [-0.2, 0) is 9.53 Å². The van der Waals surface area contributed by atoms with Crippen LogP contribution in [-0.4, -0.2) is 91.3 Å². The molecule has 2 aromatic rings. The number of aromatic nitrogens is 1. The third-order valence-electron chi connectivity index (χ3n) is 7.07. The molecule has 10 nitrogen and oxygen atoms in total. The highest BCUT2D eigenvalue weighted by Crippen LogP contribution is 2.30. The fourth-order valence-corrected chi connectivity index (χ4v) is 4.98. The van der Waals surface area contributed by atoms with E-state index in [4.69, 9.17) is 4.74 Å². The average Bonchev–Trinajstić information content (AvgIpc) is 3.32. The molecule has 1 aromatic carbocycles. The van der Waals surface area contributed by atoms with Crippen molar-refractivity contribution in [3.63, 3.8) is 0 Å². The topological polar surface area (TPSA) is 98.3 Å². The van der Waals surface area contributed by atoms with Gasteiger partial charge in [0.15, 0.2) is 0 Å². The molecule has 1 aromatic heterocycles.